The van der Waals surface area contributed by atoms with Gasteiger partial charge < -0.3 is 20.0 Å². The highest BCUT2D eigenvalue weighted by atomic mass is 16.4. The zero-order valence-corrected chi connectivity index (χ0v) is 9.22. The normalized spacial score (nSPS) is 15.4. The van der Waals surface area contributed by atoms with Gasteiger partial charge in [-0.2, -0.15) is 0 Å². The van der Waals surface area contributed by atoms with E-state index in [2.05, 4.69) is 10.2 Å². The molecule has 2 N–H and O–H groups in total. The molecule has 1 fully saturated rings. The minimum Gasteiger partial charge on any atom is -0.390 e. The Bertz CT molecular complexity index is 372. The van der Waals surface area contributed by atoms with Crippen LogP contribution in [0, 0.1) is 0 Å². The molecule has 0 bridgehead atoms. The highest BCUT2D eigenvalue weighted by Crippen LogP contribution is 2.13. The summed E-state index contributed by atoms with van der Waals surface area (Å²) in [6.07, 6.45) is 2.17. The van der Waals surface area contributed by atoms with Crippen LogP contribution < -0.4 is 10.6 Å². The second-order valence-corrected chi connectivity index (χ2v) is 3.87. The number of carbonyl (C=O) groups is 1. The quantitative estimate of drug-likeness (QED) is 0.760. The third kappa shape index (κ3) is 2.23. The molecule has 1 saturated heterocycles. The van der Waals surface area contributed by atoms with Crippen LogP contribution in [0.1, 0.15) is 12.8 Å². The van der Waals surface area contributed by atoms with Crippen molar-refractivity contribution in [3.05, 3.63) is 0 Å². The number of nitrogens with two attached hydrogens (primary N) is 1. The molecule has 0 aromatic carbocycles. The number of hydrogen-bond donors (Lipinski definition) is 1. The average molecular weight is 225 g/mol. The Morgan fingerprint density at radius 2 is 2.19 bits per heavy atom. The van der Waals surface area contributed by atoms with Gasteiger partial charge in [-0.15, -0.1) is 0 Å². The minimum atomic E-state index is 0.00970. The second-order valence-electron chi connectivity index (χ2n) is 3.87. The number of amides is 1. The maximum absolute atomic E-state index is 11.8. The number of nitrogen functional groups attached to an aromatic ring is 1. The molecule has 1 aromatic rings. The van der Waals surface area contributed by atoms with Crippen LogP contribution in [0.3, 0.4) is 0 Å². The van der Waals surface area contributed by atoms with Crippen molar-refractivity contribution >= 4 is 17.9 Å². The van der Waals surface area contributed by atoms with Gasteiger partial charge in [0, 0.05) is 20.1 Å². The fourth-order valence-corrected chi connectivity index (χ4v) is 1.72. The van der Waals surface area contributed by atoms with E-state index in [1.54, 1.807) is 11.9 Å². The molecule has 0 aliphatic carbocycles. The molecular formula is C9H15N5O2. The van der Waals surface area contributed by atoms with Gasteiger partial charge >= 0.3 is 12.0 Å². The molecule has 0 unspecified atom stereocenters. The van der Waals surface area contributed by atoms with Gasteiger partial charge in [0.2, 0.25) is 5.91 Å². The molecule has 2 rings (SSSR count). The number of likely N-dealkylation sites (N-methyl/N-ethyl adjacent to an activating group) is 1. The van der Waals surface area contributed by atoms with E-state index in [4.69, 9.17) is 10.2 Å². The van der Waals surface area contributed by atoms with Crippen molar-refractivity contribution in [2.75, 3.05) is 37.3 Å². The van der Waals surface area contributed by atoms with Crippen LogP contribution >= 0.6 is 0 Å². The molecule has 7 nitrogen and oxygen atoms in total. The molecule has 16 heavy (non-hydrogen) atoms. The Morgan fingerprint density at radius 1 is 1.50 bits per heavy atom. The Labute approximate surface area is 93.2 Å². The van der Waals surface area contributed by atoms with Crippen molar-refractivity contribution < 1.29 is 9.21 Å². The molecule has 1 aliphatic rings. The molecule has 1 aliphatic heterocycles. The van der Waals surface area contributed by atoms with E-state index in [0.29, 0.717) is 0 Å². The molecule has 2 heterocycles. The number of nitrogens with zero attached hydrogens (tertiary/aromatic N) is 4. The summed E-state index contributed by atoms with van der Waals surface area (Å²) >= 11 is 0. The van der Waals surface area contributed by atoms with Crippen LogP contribution in [0.4, 0.5) is 12.0 Å². The van der Waals surface area contributed by atoms with Gasteiger partial charge in [-0.05, 0) is 12.8 Å². The summed E-state index contributed by atoms with van der Waals surface area (Å²) in [7, 11) is 1.72. The number of carbonyl (C=O) groups excluding carboxylic acids is 1. The lowest BCUT2D eigenvalue weighted by Gasteiger charge is -2.19. The molecular weight excluding hydrogens is 210 g/mol. The standard InChI is InChI=1S/C9H15N5O2/c1-13(9-12-11-8(10)16-9)6-7(15)14-4-2-3-5-14/h2-6H2,1H3,(H2,10,11). The SMILES string of the molecule is CN(CC(=O)N1CCCC1)c1nnc(N)o1. The third-order valence-corrected chi connectivity index (χ3v) is 2.59. The Morgan fingerprint density at radius 3 is 2.75 bits per heavy atom. The largest absolute Gasteiger partial charge is 0.390 e. The first-order valence-electron chi connectivity index (χ1n) is 5.24. The third-order valence-electron chi connectivity index (χ3n) is 2.59. The smallest absolute Gasteiger partial charge is 0.319 e. The molecule has 0 radical (unpaired) electrons. The molecule has 0 spiro atoms. The Kier molecular flexibility index (Phi) is 2.93. The predicted octanol–water partition coefficient (Wildman–Crippen LogP) is -0.290. The van der Waals surface area contributed by atoms with Crippen LogP contribution in [-0.4, -0.2) is 47.7 Å². The van der Waals surface area contributed by atoms with Crippen LogP contribution in [-0.2, 0) is 4.79 Å². The lowest BCUT2D eigenvalue weighted by atomic mass is 10.4. The first-order valence-corrected chi connectivity index (χ1v) is 5.24. The summed E-state index contributed by atoms with van der Waals surface area (Å²) in [5.41, 5.74) is 5.31. The first-order chi connectivity index (χ1) is 7.66. The molecule has 1 amide bonds. The van der Waals surface area contributed by atoms with Gasteiger partial charge in [0.05, 0.1) is 0 Å². The summed E-state index contributed by atoms with van der Waals surface area (Å²) in [4.78, 5) is 15.2. The number of anilines is 2. The van der Waals surface area contributed by atoms with Crippen molar-refractivity contribution in [2.45, 2.75) is 12.8 Å². The number of rotatable bonds is 3. The zero-order valence-electron chi connectivity index (χ0n) is 9.22. The van der Waals surface area contributed by atoms with Gasteiger partial charge in [0.15, 0.2) is 0 Å². The summed E-state index contributed by atoms with van der Waals surface area (Å²) < 4.78 is 5.02. The average Bonchev–Trinajstić information content (AvgIpc) is 2.87. The van der Waals surface area contributed by atoms with E-state index in [9.17, 15) is 4.79 Å². The first kappa shape index (κ1) is 10.7. The molecule has 0 saturated carbocycles. The molecule has 1 aromatic heterocycles. The van der Waals surface area contributed by atoms with E-state index < -0.39 is 0 Å². The minimum absolute atomic E-state index is 0.00970. The van der Waals surface area contributed by atoms with Crippen molar-refractivity contribution in [3.8, 4) is 0 Å². The van der Waals surface area contributed by atoms with Crippen molar-refractivity contribution in [1.82, 2.24) is 15.1 Å². The molecule has 0 atom stereocenters. The predicted molar refractivity (Wildman–Crippen MR) is 57.8 cm³/mol. The van der Waals surface area contributed by atoms with E-state index in [1.807, 2.05) is 4.90 Å². The summed E-state index contributed by atoms with van der Waals surface area (Å²) in [6, 6.07) is 0.278. The topological polar surface area (TPSA) is 88.5 Å². The van der Waals surface area contributed by atoms with Gasteiger partial charge in [0.1, 0.15) is 6.54 Å². The fourth-order valence-electron chi connectivity index (χ4n) is 1.72. The summed E-state index contributed by atoms with van der Waals surface area (Å²) in [6.45, 7) is 1.93. The van der Waals surface area contributed by atoms with E-state index in [0.717, 1.165) is 25.9 Å². The van der Waals surface area contributed by atoms with Gasteiger partial charge in [0.25, 0.3) is 0 Å². The summed E-state index contributed by atoms with van der Waals surface area (Å²) in [5, 5.41) is 7.25. The van der Waals surface area contributed by atoms with E-state index in [1.165, 1.54) is 0 Å². The van der Waals surface area contributed by atoms with E-state index >= 15 is 0 Å². The maximum Gasteiger partial charge on any atom is 0.319 e. The van der Waals surface area contributed by atoms with Crippen molar-refractivity contribution in [1.29, 1.82) is 0 Å². The van der Waals surface area contributed by atoms with Crippen LogP contribution in [0.25, 0.3) is 0 Å². The van der Waals surface area contributed by atoms with E-state index in [-0.39, 0.29) is 24.5 Å². The highest BCUT2D eigenvalue weighted by Gasteiger charge is 2.20. The fraction of sp³-hybridized carbons (Fsp3) is 0.667. The van der Waals surface area contributed by atoms with Gasteiger partial charge in [-0.1, -0.05) is 10.2 Å². The maximum atomic E-state index is 11.8. The zero-order chi connectivity index (χ0) is 11.5. The summed E-state index contributed by atoms with van der Waals surface area (Å²) in [5.74, 6) is 0.0803. The van der Waals surface area contributed by atoms with Gasteiger partial charge in [-0.25, -0.2) is 0 Å². The van der Waals surface area contributed by atoms with Crippen LogP contribution in [0.2, 0.25) is 0 Å². The highest BCUT2D eigenvalue weighted by molar-refractivity contribution is 5.80. The lowest BCUT2D eigenvalue weighted by Crippen LogP contribution is -2.37. The number of aromatic nitrogens is 2. The van der Waals surface area contributed by atoms with Crippen LogP contribution in [0.5, 0.6) is 0 Å². The second kappa shape index (κ2) is 4.38. The lowest BCUT2D eigenvalue weighted by molar-refractivity contribution is -0.128. The van der Waals surface area contributed by atoms with Crippen molar-refractivity contribution in [2.24, 2.45) is 0 Å². The Balaban J connectivity index is 1.91. The number of hydrogen-bond acceptors (Lipinski definition) is 6. The Hall–Kier alpha value is -1.79. The van der Waals surface area contributed by atoms with Gasteiger partial charge in [-0.3, -0.25) is 4.79 Å². The molecule has 7 heteroatoms. The van der Waals surface area contributed by atoms with Crippen molar-refractivity contribution in [3.63, 3.8) is 0 Å². The monoisotopic (exact) mass is 225 g/mol. The molecule has 88 valence electrons. The number of likely N-dealkylation sites (tertiary alicyclic amines) is 1. The van der Waals surface area contributed by atoms with Crippen LogP contribution in [0.15, 0.2) is 4.42 Å².